The summed E-state index contributed by atoms with van der Waals surface area (Å²) in [5, 5.41) is 6.58. The van der Waals surface area contributed by atoms with Gasteiger partial charge in [-0.05, 0) is 25.7 Å². The van der Waals surface area contributed by atoms with Gasteiger partial charge in [-0.25, -0.2) is 13.2 Å². The van der Waals surface area contributed by atoms with Crippen molar-refractivity contribution in [2.75, 3.05) is 26.2 Å². The van der Waals surface area contributed by atoms with E-state index in [9.17, 15) is 22.8 Å². The number of nitrogens with zero attached hydrogens (tertiary/aromatic N) is 3. The number of piperidine rings is 1. The molecule has 35 heavy (non-hydrogen) atoms. The van der Waals surface area contributed by atoms with Gasteiger partial charge in [0.15, 0.2) is 11.5 Å². The van der Waals surface area contributed by atoms with Crippen LogP contribution in [0.1, 0.15) is 55.4 Å². The first kappa shape index (κ1) is 23.8. The van der Waals surface area contributed by atoms with E-state index in [1.807, 2.05) is 4.90 Å². The minimum absolute atomic E-state index is 0.0540. The van der Waals surface area contributed by atoms with Crippen LogP contribution in [0.25, 0.3) is 11.3 Å². The van der Waals surface area contributed by atoms with Gasteiger partial charge in [0.1, 0.15) is 17.5 Å². The zero-order valence-electron chi connectivity index (χ0n) is 19.4. The zero-order valence-corrected chi connectivity index (χ0v) is 19.4. The van der Waals surface area contributed by atoms with Crippen LogP contribution in [0, 0.1) is 23.4 Å². The highest BCUT2D eigenvalue weighted by Gasteiger charge is 2.40. The minimum Gasteiger partial charge on any atom is -0.355 e. The number of carbonyl (C=O) groups excluding carboxylic acids is 2. The number of carbonyl (C=O) groups is 2. The van der Waals surface area contributed by atoms with E-state index >= 15 is 0 Å². The Hall–Kier alpha value is -2.88. The molecule has 2 saturated heterocycles. The van der Waals surface area contributed by atoms with Crippen molar-refractivity contribution in [1.29, 1.82) is 0 Å². The van der Waals surface area contributed by atoms with E-state index in [1.54, 1.807) is 0 Å². The lowest BCUT2D eigenvalue weighted by molar-refractivity contribution is -0.142. The van der Waals surface area contributed by atoms with Gasteiger partial charge < -0.3 is 14.7 Å². The predicted octanol–water partition coefficient (Wildman–Crippen LogP) is 3.74. The molecule has 188 valence electrons. The van der Waals surface area contributed by atoms with E-state index in [-0.39, 0.29) is 29.3 Å². The zero-order chi connectivity index (χ0) is 24.5. The fraction of sp³-hybridized carbons (Fsp3) is 0.560. The fourth-order valence-electron chi connectivity index (χ4n) is 5.47. The first-order chi connectivity index (χ1) is 16.9. The van der Waals surface area contributed by atoms with Gasteiger partial charge in [0.05, 0.1) is 11.5 Å². The lowest BCUT2D eigenvalue weighted by atomic mass is 9.86. The monoisotopic (exact) mass is 490 g/mol. The number of likely N-dealkylation sites (tertiary alicyclic amines) is 2. The molecule has 0 radical (unpaired) electrons. The molecule has 3 aliphatic rings. The summed E-state index contributed by atoms with van der Waals surface area (Å²) in [4.78, 5) is 30.4. The largest absolute Gasteiger partial charge is 0.355 e. The second kappa shape index (κ2) is 10.0. The van der Waals surface area contributed by atoms with Crippen molar-refractivity contribution in [2.45, 2.75) is 57.0 Å². The number of rotatable bonds is 5. The normalized spacial score (nSPS) is 23.7. The van der Waals surface area contributed by atoms with Gasteiger partial charge in [0.25, 0.3) is 5.91 Å². The molecule has 2 aliphatic heterocycles. The molecule has 10 heteroatoms. The van der Waals surface area contributed by atoms with Crippen LogP contribution in [-0.2, 0) is 4.79 Å². The molecule has 0 unspecified atom stereocenters. The summed E-state index contributed by atoms with van der Waals surface area (Å²) >= 11 is 0. The maximum Gasteiger partial charge on any atom is 0.273 e. The van der Waals surface area contributed by atoms with Gasteiger partial charge in [0.2, 0.25) is 5.91 Å². The van der Waals surface area contributed by atoms with Crippen molar-refractivity contribution in [3.05, 3.63) is 41.3 Å². The molecule has 1 saturated carbocycles. The average Bonchev–Trinajstić information content (AvgIpc) is 3.28. The molecule has 0 bridgehead atoms. The Morgan fingerprint density at radius 1 is 0.943 bits per heavy atom. The third-order valence-electron chi connectivity index (χ3n) is 7.53. The molecule has 2 atom stereocenters. The molecule has 3 heterocycles. The third-order valence-corrected chi connectivity index (χ3v) is 7.53. The number of nitrogens with one attached hydrogen (secondary N) is 1. The predicted molar refractivity (Wildman–Crippen MR) is 121 cm³/mol. The van der Waals surface area contributed by atoms with E-state index in [2.05, 4.69) is 15.4 Å². The van der Waals surface area contributed by atoms with Crippen molar-refractivity contribution in [3.8, 4) is 11.3 Å². The van der Waals surface area contributed by atoms with E-state index < -0.39 is 28.9 Å². The molecule has 5 rings (SSSR count). The molecule has 3 fully saturated rings. The Morgan fingerprint density at radius 2 is 1.66 bits per heavy atom. The molecule has 1 aromatic carbocycles. The van der Waals surface area contributed by atoms with Crippen LogP contribution in [-0.4, -0.2) is 65.0 Å². The highest BCUT2D eigenvalue weighted by molar-refractivity contribution is 5.94. The number of halogens is 3. The maximum atomic E-state index is 14.1. The third kappa shape index (κ3) is 4.94. The molecule has 7 nitrogen and oxygen atoms in total. The second-order valence-corrected chi connectivity index (χ2v) is 9.76. The van der Waals surface area contributed by atoms with Crippen LogP contribution in [0.4, 0.5) is 13.2 Å². The topological polar surface area (TPSA) is 78.7 Å². The first-order valence-electron chi connectivity index (χ1n) is 12.4. The summed E-state index contributed by atoms with van der Waals surface area (Å²) in [7, 11) is 0. The summed E-state index contributed by atoms with van der Waals surface area (Å²) in [5.74, 6) is -4.57. The molecule has 2 amide bonds. The fourth-order valence-corrected chi connectivity index (χ4v) is 5.47. The summed E-state index contributed by atoms with van der Waals surface area (Å²) in [5.41, 5.74) is -0.752. The average molecular weight is 491 g/mol. The van der Waals surface area contributed by atoms with Gasteiger partial charge in [-0.2, -0.15) is 0 Å². The van der Waals surface area contributed by atoms with Gasteiger partial charge in [-0.3, -0.25) is 14.5 Å². The van der Waals surface area contributed by atoms with Gasteiger partial charge in [0, 0.05) is 56.5 Å². The van der Waals surface area contributed by atoms with Gasteiger partial charge >= 0.3 is 0 Å². The van der Waals surface area contributed by atoms with Crippen molar-refractivity contribution in [1.82, 2.24) is 20.3 Å². The van der Waals surface area contributed by atoms with Gasteiger partial charge in [-0.15, -0.1) is 0 Å². The SMILES string of the molecule is O=C(N[C@@H]1CCN(C2CCCCC2)C[C@H]1C(=O)N1CCC1)c1cc(-c2c(F)cc(F)cc2F)on1. The van der Waals surface area contributed by atoms with Crippen LogP contribution < -0.4 is 5.32 Å². The molecular weight excluding hydrogens is 461 g/mol. The summed E-state index contributed by atoms with van der Waals surface area (Å²) in [6.45, 7) is 2.86. The quantitative estimate of drug-likeness (QED) is 0.691. The standard InChI is InChI=1S/C25H29F3N4O3/c26-15-11-18(27)23(19(28)12-15)22-13-21(30-35-22)24(33)29-20-7-10-32(16-5-2-1-3-6-16)14-17(20)25(34)31-8-4-9-31/h11-13,16-17,20H,1-10,14H2,(H,29,33)/t17-,20-/m1/s1. The van der Waals surface area contributed by atoms with E-state index in [4.69, 9.17) is 4.52 Å². The molecule has 1 aromatic heterocycles. The maximum absolute atomic E-state index is 14.1. The number of benzene rings is 1. The Balaban J connectivity index is 1.31. The highest BCUT2D eigenvalue weighted by atomic mass is 19.1. The molecule has 1 aliphatic carbocycles. The Bertz CT molecular complexity index is 1070. The summed E-state index contributed by atoms with van der Waals surface area (Å²) < 4.78 is 46.4. The van der Waals surface area contributed by atoms with Crippen molar-refractivity contribution in [2.24, 2.45) is 5.92 Å². The summed E-state index contributed by atoms with van der Waals surface area (Å²) in [6.07, 6.45) is 7.55. The van der Waals surface area contributed by atoms with E-state index in [1.165, 1.54) is 19.3 Å². The first-order valence-corrected chi connectivity index (χ1v) is 12.4. The summed E-state index contributed by atoms with van der Waals surface area (Å²) in [6, 6.07) is 2.29. The van der Waals surface area contributed by atoms with Crippen LogP contribution in [0.2, 0.25) is 0 Å². The molecule has 0 spiro atoms. The lowest BCUT2D eigenvalue weighted by Gasteiger charge is -2.45. The number of amides is 2. The number of hydrogen-bond acceptors (Lipinski definition) is 5. The van der Waals surface area contributed by atoms with Crippen LogP contribution in [0.15, 0.2) is 22.7 Å². The molecular formula is C25H29F3N4O3. The van der Waals surface area contributed by atoms with E-state index in [0.717, 1.165) is 45.0 Å². The lowest BCUT2D eigenvalue weighted by Crippen LogP contribution is -2.59. The van der Waals surface area contributed by atoms with Gasteiger partial charge in [-0.1, -0.05) is 24.4 Å². The highest BCUT2D eigenvalue weighted by Crippen LogP contribution is 2.30. The Labute approximate surface area is 201 Å². The van der Waals surface area contributed by atoms with Crippen molar-refractivity contribution in [3.63, 3.8) is 0 Å². The van der Waals surface area contributed by atoms with Crippen molar-refractivity contribution < 1.29 is 27.3 Å². The number of aromatic nitrogens is 1. The van der Waals surface area contributed by atoms with Crippen LogP contribution in [0.3, 0.4) is 0 Å². The van der Waals surface area contributed by atoms with E-state index in [0.29, 0.717) is 31.1 Å². The molecule has 2 aromatic rings. The Kier molecular flexibility index (Phi) is 6.82. The second-order valence-electron chi connectivity index (χ2n) is 9.76. The minimum atomic E-state index is -1.15. The number of hydrogen-bond donors (Lipinski definition) is 1. The van der Waals surface area contributed by atoms with Crippen molar-refractivity contribution >= 4 is 11.8 Å². The van der Waals surface area contributed by atoms with Crippen LogP contribution in [0.5, 0.6) is 0 Å². The smallest absolute Gasteiger partial charge is 0.273 e. The Morgan fingerprint density at radius 3 is 2.31 bits per heavy atom. The van der Waals surface area contributed by atoms with Crippen LogP contribution >= 0.6 is 0 Å². The molecule has 1 N–H and O–H groups in total.